The second-order valence-corrected chi connectivity index (χ2v) is 7.43. The Kier molecular flexibility index (Phi) is 4.33. The number of hydrogen-bond donors (Lipinski definition) is 0. The van der Waals surface area contributed by atoms with Crippen LogP contribution in [0.3, 0.4) is 0 Å². The molecule has 0 amide bonds. The summed E-state index contributed by atoms with van der Waals surface area (Å²) in [5.74, 6) is 0. The number of anilines is 1. The van der Waals surface area contributed by atoms with Gasteiger partial charge in [0.25, 0.3) is 0 Å². The SMILES string of the molecule is Cn1cc(-c2ccc3c(N4CCN(Cc5ccccc5)CC4)cnn3c2)cn1. The highest BCUT2D eigenvalue weighted by Crippen LogP contribution is 2.26. The Labute approximate surface area is 164 Å². The second-order valence-electron chi connectivity index (χ2n) is 7.43. The summed E-state index contributed by atoms with van der Waals surface area (Å²) in [6, 6.07) is 15.0. The smallest absolute Gasteiger partial charge is 0.0896 e. The fourth-order valence-corrected chi connectivity index (χ4v) is 3.94. The maximum absolute atomic E-state index is 4.61. The van der Waals surface area contributed by atoms with E-state index < -0.39 is 0 Å². The van der Waals surface area contributed by atoms with Gasteiger partial charge in [0, 0.05) is 63.3 Å². The van der Waals surface area contributed by atoms with Crippen molar-refractivity contribution in [2.24, 2.45) is 7.05 Å². The van der Waals surface area contributed by atoms with Crippen LogP contribution in [0.5, 0.6) is 0 Å². The molecule has 6 nitrogen and oxygen atoms in total. The maximum atomic E-state index is 4.61. The molecular formula is C22H24N6. The first-order chi connectivity index (χ1) is 13.8. The standard InChI is InChI=1S/C22H24N6/c1-25-16-20(13-23-25)19-7-8-21-22(14-24-28(21)17-19)27-11-9-26(10-12-27)15-18-5-3-2-4-6-18/h2-8,13-14,16-17H,9-12,15H2,1H3. The molecular weight excluding hydrogens is 348 g/mol. The minimum absolute atomic E-state index is 1.03. The van der Waals surface area contributed by atoms with Gasteiger partial charge in [-0.2, -0.15) is 10.2 Å². The van der Waals surface area contributed by atoms with E-state index in [4.69, 9.17) is 0 Å². The number of benzene rings is 1. The molecule has 0 unspecified atom stereocenters. The fraction of sp³-hybridized carbons (Fsp3) is 0.273. The molecule has 1 saturated heterocycles. The normalized spacial score (nSPS) is 15.4. The molecule has 1 fully saturated rings. The monoisotopic (exact) mass is 372 g/mol. The van der Waals surface area contributed by atoms with Crippen LogP contribution < -0.4 is 4.90 Å². The number of fused-ring (bicyclic) bond motifs is 1. The lowest BCUT2D eigenvalue weighted by Crippen LogP contribution is -2.45. The summed E-state index contributed by atoms with van der Waals surface area (Å²) in [5, 5.41) is 8.87. The first kappa shape index (κ1) is 17.0. The van der Waals surface area contributed by atoms with Gasteiger partial charge in [-0.25, -0.2) is 4.52 Å². The van der Waals surface area contributed by atoms with E-state index in [0.717, 1.165) is 49.4 Å². The van der Waals surface area contributed by atoms with Crippen LogP contribution in [0.2, 0.25) is 0 Å². The van der Waals surface area contributed by atoms with Crippen LogP contribution in [-0.2, 0) is 13.6 Å². The van der Waals surface area contributed by atoms with Crippen molar-refractivity contribution in [3.8, 4) is 11.1 Å². The summed E-state index contributed by atoms with van der Waals surface area (Å²) < 4.78 is 3.80. The number of aryl methyl sites for hydroxylation is 1. The molecule has 0 spiro atoms. The maximum Gasteiger partial charge on any atom is 0.0896 e. The Morgan fingerprint density at radius 3 is 2.39 bits per heavy atom. The van der Waals surface area contributed by atoms with Gasteiger partial charge in [0.2, 0.25) is 0 Å². The summed E-state index contributed by atoms with van der Waals surface area (Å²) in [6.45, 7) is 5.22. The molecule has 4 heterocycles. The van der Waals surface area contributed by atoms with Gasteiger partial charge in [0.15, 0.2) is 0 Å². The number of aromatic nitrogens is 4. The molecule has 0 aliphatic carbocycles. The van der Waals surface area contributed by atoms with Gasteiger partial charge in [0.05, 0.1) is 23.6 Å². The lowest BCUT2D eigenvalue weighted by Gasteiger charge is -2.35. The summed E-state index contributed by atoms with van der Waals surface area (Å²) in [4.78, 5) is 4.98. The minimum Gasteiger partial charge on any atom is -0.366 e. The fourth-order valence-electron chi connectivity index (χ4n) is 3.94. The van der Waals surface area contributed by atoms with Crippen LogP contribution in [0.25, 0.3) is 16.6 Å². The van der Waals surface area contributed by atoms with Gasteiger partial charge in [-0.15, -0.1) is 0 Å². The van der Waals surface area contributed by atoms with Crippen LogP contribution in [0.15, 0.2) is 67.3 Å². The van der Waals surface area contributed by atoms with Crippen molar-refractivity contribution in [1.82, 2.24) is 24.3 Å². The highest BCUT2D eigenvalue weighted by molar-refractivity contribution is 5.75. The Bertz CT molecular complexity index is 1070. The highest BCUT2D eigenvalue weighted by atomic mass is 15.3. The number of hydrogen-bond acceptors (Lipinski definition) is 4. The van der Waals surface area contributed by atoms with Crippen molar-refractivity contribution >= 4 is 11.2 Å². The lowest BCUT2D eigenvalue weighted by molar-refractivity contribution is 0.250. The molecule has 0 saturated carbocycles. The first-order valence-corrected chi connectivity index (χ1v) is 9.74. The van der Waals surface area contributed by atoms with Crippen LogP contribution in [-0.4, -0.2) is 50.5 Å². The average Bonchev–Trinajstić information content (AvgIpc) is 3.35. The zero-order valence-corrected chi connectivity index (χ0v) is 16.1. The number of nitrogens with zero attached hydrogens (tertiary/aromatic N) is 6. The molecule has 1 aromatic carbocycles. The van der Waals surface area contributed by atoms with Crippen LogP contribution in [0, 0.1) is 0 Å². The summed E-state index contributed by atoms with van der Waals surface area (Å²) in [6.07, 6.45) is 7.99. The largest absolute Gasteiger partial charge is 0.366 e. The zero-order valence-electron chi connectivity index (χ0n) is 16.1. The Morgan fingerprint density at radius 1 is 0.821 bits per heavy atom. The third kappa shape index (κ3) is 3.27. The van der Waals surface area contributed by atoms with Gasteiger partial charge in [-0.05, 0) is 11.6 Å². The van der Waals surface area contributed by atoms with Gasteiger partial charge in [0.1, 0.15) is 0 Å². The second kappa shape index (κ2) is 7.13. The summed E-state index contributed by atoms with van der Waals surface area (Å²) in [5.41, 5.74) is 6.00. The van der Waals surface area contributed by atoms with Crippen molar-refractivity contribution < 1.29 is 0 Å². The van der Waals surface area contributed by atoms with Crippen molar-refractivity contribution in [2.75, 3.05) is 31.1 Å². The summed E-state index contributed by atoms with van der Waals surface area (Å²) in [7, 11) is 1.94. The molecule has 0 bridgehead atoms. The molecule has 0 N–H and O–H groups in total. The lowest BCUT2D eigenvalue weighted by atomic mass is 10.1. The summed E-state index contributed by atoms with van der Waals surface area (Å²) >= 11 is 0. The number of piperazine rings is 1. The van der Waals surface area contributed by atoms with Crippen molar-refractivity contribution in [3.63, 3.8) is 0 Å². The molecule has 4 aromatic rings. The molecule has 1 aliphatic heterocycles. The van der Waals surface area contributed by atoms with Crippen molar-refractivity contribution in [3.05, 3.63) is 72.8 Å². The topological polar surface area (TPSA) is 41.6 Å². The average molecular weight is 372 g/mol. The van der Waals surface area contributed by atoms with Crippen LogP contribution >= 0.6 is 0 Å². The molecule has 142 valence electrons. The van der Waals surface area contributed by atoms with E-state index >= 15 is 0 Å². The van der Waals surface area contributed by atoms with Gasteiger partial charge in [-0.1, -0.05) is 36.4 Å². The van der Waals surface area contributed by atoms with E-state index in [9.17, 15) is 0 Å². The first-order valence-electron chi connectivity index (χ1n) is 9.74. The van der Waals surface area contributed by atoms with E-state index in [-0.39, 0.29) is 0 Å². The van der Waals surface area contributed by atoms with E-state index in [0.29, 0.717) is 0 Å². The highest BCUT2D eigenvalue weighted by Gasteiger charge is 2.20. The van der Waals surface area contributed by atoms with Gasteiger partial charge >= 0.3 is 0 Å². The number of rotatable bonds is 4. The molecule has 6 heteroatoms. The number of pyridine rings is 1. The molecule has 1 aliphatic rings. The van der Waals surface area contributed by atoms with Gasteiger partial charge < -0.3 is 4.90 Å². The third-order valence-corrected chi connectivity index (χ3v) is 5.50. The minimum atomic E-state index is 1.03. The Morgan fingerprint density at radius 2 is 1.64 bits per heavy atom. The van der Waals surface area contributed by atoms with E-state index in [2.05, 4.69) is 68.7 Å². The molecule has 28 heavy (non-hydrogen) atoms. The Balaban J connectivity index is 1.30. The van der Waals surface area contributed by atoms with Crippen molar-refractivity contribution in [2.45, 2.75) is 6.54 Å². The van der Waals surface area contributed by atoms with Gasteiger partial charge in [-0.3, -0.25) is 9.58 Å². The van der Waals surface area contributed by atoms with E-state index in [1.54, 1.807) is 0 Å². The van der Waals surface area contributed by atoms with Crippen LogP contribution in [0.1, 0.15) is 5.56 Å². The zero-order chi connectivity index (χ0) is 18.9. The van der Waals surface area contributed by atoms with E-state index in [1.807, 2.05) is 34.8 Å². The predicted octanol–water partition coefficient (Wildman–Crippen LogP) is 3.06. The molecule has 3 aromatic heterocycles. The van der Waals surface area contributed by atoms with Crippen molar-refractivity contribution in [1.29, 1.82) is 0 Å². The molecule has 0 atom stereocenters. The quantitative estimate of drug-likeness (QED) is 0.552. The molecule has 5 rings (SSSR count). The Hall–Kier alpha value is -3.12. The third-order valence-electron chi connectivity index (χ3n) is 5.50. The molecule has 0 radical (unpaired) electrons. The van der Waals surface area contributed by atoms with Crippen LogP contribution in [0.4, 0.5) is 5.69 Å². The van der Waals surface area contributed by atoms with E-state index in [1.165, 1.54) is 11.3 Å². The predicted molar refractivity (Wildman–Crippen MR) is 111 cm³/mol.